The first-order chi connectivity index (χ1) is 21.3. The number of halogens is 2. The highest BCUT2D eigenvalue weighted by Gasteiger charge is 2.26. The lowest BCUT2D eigenvalue weighted by atomic mass is 9.94. The van der Waals surface area contributed by atoms with Gasteiger partial charge in [-0.3, -0.25) is 0 Å². The van der Waals surface area contributed by atoms with Crippen molar-refractivity contribution in [2.45, 2.75) is 119 Å². The zero-order valence-corrected chi connectivity index (χ0v) is 33.5. The molecule has 0 N–H and O–H groups in total. The number of benzene rings is 1. The van der Waals surface area contributed by atoms with Crippen LogP contribution in [-0.2, 0) is 12.8 Å². The van der Waals surface area contributed by atoms with Gasteiger partial charge in [-0.25, -0.2) is 9.97 Å². The number of fused-ring (bicyclic) bond motifs is 2. The van der Waals surface area contributed by atoms with Crippen molar-refractivity contribution in [2.24, 2.45) is 11.8 Å². The van der Waals surface area contributed by atoms with Crippen LogP contribution in [0.4, 0.5) is 0 Å². The third-order valence-corrected chi connectivity index (χ3v) is 15.7. The highest BCUT2D eigenvalue weighted by atomic mass is 79.9. The minimum absolute atomic E-state index is 0.782. The van der Waals surface area contributed by atoms with Crippen LogP contribution in [0.3, 0.4) is 0 Å². The Kier molecular flexibility index (Phi) is 12.6. The van der Waals surface area contributed by atoms with Gasteiger partial charge in [-0.15, -0.1) is 45.3 Å². The number of nitrogens with zero attached hydrogens (tertiary/aromatic N) is 2. The molecule has 238 valence electrons. The zero-order chi connectivity index (χ0) is 31.4. The van der Waals surface area contributed by atoms with Gasteiger partial charge in [0.15, 0.2) is 0 Å². The molecule has 5 rings (SSSR count). The Hall–Kier alpha value is -0.640. The Morgan fingerprint density at radius 1 is 0.614 bits per heavy atom. The van der Waals surface area contributed by atoms with E-state index in [1.165, 1.54) is 134 Å². The lowest BCUT2D eigenvalue weighted by Gasteiger charge is -2.12. The summed E-state index contributed by atoms with van der Waals surface area (Å²) in [5.41, 5.74) is 7.53. The maximum atomic E-state index is 5.49. The van der Waals surface area contributed by atoms with Gasteiger partial charge in [-0.05, 0) is 106 Å². The lowest BCUT2D eigenvalue weighted by molar-refractivity contribution is 0.421. The SMILES string of the molecule is CCCCC(CC)CCc1nc2c(-c3cc(C)c(Br)s3)c3sc(CCC(CC)CCCC)nc3c(-c3cc(C)c(Br)s3)c2s1. The summed E-state index contributed by atoms with van der Waals surface area (Å²) in [6.45, 7) is 13.7. The van der Waals surface area contributed by atoms with Gasteiger partial charge in [0.25, 0.3) is 0 Å². The first-order valence-corrected chi connectivity index (χ1v) is 21.4. The Balaban J connectivity index is 1.67. The van der Waals surface area contributed by atoms with Crippen molar-refractivity contribution < 1.29 is 0 Å². The largest absolute Gasteiger partial charge is 0.240 e. The molecule has 2 atom stereocenters. The maximum Gasteiger partial charge on any atom is 0.0939 e. The van der Waals surface area contributed by atoms with E-state index in [0.717, 1.165) is 24.7 Å². The summed E-state index contributed by atoms with van der Waals surface area (Å²) < 4.78 is 5.04. The molecule has 2 nitrogen and oxygen atoms in total. The number of hydrogen-bond donors (Lipinski definition) is 0. The fourth-order valence-corrected chi connectivity index (χ4v) is 11.8. The van der Waals surface area contributed by atoms with Crippen molar-refractivity contribution in [3.63, 3.8) is 0 Å². The standard InChI is InChI=1S/C36H46Br2N2S4/c1-7-11-13-23(9-3)15-17-27-39-31-29(25-19-21(5)35(37)41-25)34-32(30(33(31)43-27)26-20-22(6)36(38)42-26)40-28(44-34)18-16-24(10-4)14-12-8-2/h19-20,23-24H,7-18H2,1-6H3. The number of rotatable bonds is 16. The maximum absolute atomic E-state index is 5.49. The van der Waals surface area contributed by atoms with Crippen molar-refractivity contribution in [2.75, 3.05) is 0 Å². The molecular weight excluding hydrogens is 748 g/mol. The van der Waals surface area contributed by atoms with E-state index in [-0.39, 0.29) is 0 Å². The predicted molar refractivity (Wildman–Crippen MR) is 208 cm³/mol. The highest BCUT2D eigenvalue weighted by Crippen LogP contribution is 2.51. The van der Waals surface area contributed by atoms with Gasteiger partial charge in [0.2, 0.25) is 0 Å². The van der Waals surface area contributed by atoms with E-state index in [4.69, 9.17) is 9.97 Å². The van der Waals surface area contributed by atoms with E-state index in [0.29, 0.717) is 0 Å². The summed E-state index contributed by atoms with van der Waals surface area (Å²) >= 11 is 15.2. The Bertz CT molecular complexity index is 1480. The third kappa shape index (κ3) is 7.73. The minimum Gasteiger partial charge on any atom is -0.240 e. The molecule has 0 fully saturated rings. The van der Waals surface area contributed by atoms with Gasteiger partial charge in [0.1, 0.15) is 0 Å². The zero-order valence-electron chi connectivity index (χ0n) is 27.1. The predicted octanol–water partition coefficient (Wildman–Crippen LogP) is 14.8. The van der Waals surface area contributed by atoms with Gasteiger partial charge in [0, 0.05) is 20.9 Å². The van der Waals surface area contributed by atoms with E-state index in [1.807, 2.05) is 45.3 Å². The smallest absolute Gasteiger partial charge is 0.0939 e. The summed E-state index contributed by atoms with van der Waals surface area (Å²) in [4.78, 5) is 13.6. The van der Waals surface area contributed by atoms with Gasteiger partial charge >= 0.3 is 0 Å². The highest BCUT2D eigenvalue weighted by molar-refractivity contribution is 9.11. The van der Waals surface area contributed by atoms with E-state index in [2.05, 4.69) is 85.5 Å². The number of thiophene rings is 2. The van der Waals surface area contributed by atoms with Crippen LogP contribution in [0.5, 0.6) is 0 Å². The van der Waals surface area contributed by atoms with Crippen LogP contribution in [0.25, 0.3) is 41.3 Å². The normalized spacial score (nSPS) is 13.5. The Labute approximate surface area is 297 Å². The van der Waals surface area contributed by atoms with E-state index < -0.39 is 0 Å². The molecule has 0 aliphatic rings. The van der Waals surface area contributed by atoms with Crippen LogP contribution >= 0.6 is 77.2 Å². The molecule has 1 aromatic carbocycles. The molecule has 44 heavy (non-hydrogen) atoms. The lowest BCUT2D eigenvalue weighted by Crippen LogP contribution is -2.00. The summed E-state index contributed by atoms with van der Waals surface area (Å²) in [5, 5.41) is 2.55. The summed E-state index contributed by atoms with van der Waals surface area (Å²) in [6.07, 6.45) is 15.0. The number of unbranched alkanes of at least 4 members (excludes halogenated alkanes) is 2. The monoisotopic (exact) mass is 792 g/mol. The number of hydrogen-bond acceptors (Lipinski definition) is 6. The minimum atomic E-state index is 0.782. The molecular formula is C36H46Br2N2S4. The van der Waals surface area contributed by atoms with Crippen LogP contribution < -0.4 is 0 Å². The molecule has 0 radical (unpaired) electrons. The van der Waals surface area contributed by atoms with Crippen molar-refractivity contribution in [1.29, 1.82) is 0 Å². The van der Waals surface area contributed by atoms with E-state index in [1.54, 1.807) is 0 Å². The molecule has 2 unspecified atom stereocenters. The average Bonchev–Trinajstić information content (AvgIpc) is 3.78. The Morgan fingerprint density at radius 2 is 1.02 bits per heavy atom. The molecule has 0 aliphatic carbocycles. The molecule has 4 heterocycles. The molecule has 4 aromatic heterocycles. The molecule has 0 aliphatic heterocycles. The van der Waals surface area contributed by atoms with E-state index in [9.17, 15) is 0 Å². The van der Waals surface area contributed by atoms with Crippen molar-refractivity contribution in [3.8, 4) is 20.9 Å². The van der Waals surface area contributed by atoms with Crippen molar-refractivity contribution in [1.82, 2.24) is 9.97 Å². The van der Waals surface area contributed by atoms with Crippen LogP contribution in [-0.4, -0.2) is 9.97 Å². The molecule has 5 aromatic rings. The quantitative estimate of drug-likeness (QED) is 0.0994. The average molecular weight is 795 g/mol. The van der Waals surface area contributed by atoms with Gasteiger partial charge in [-0.2, -0.15) is 0 Å². The first kappa shape index (κ1) is 34.7. The van der Waals surface area contributed by atoms with Gasteiger partial charge in [-0.1, -0.05) is 79.1 Å². The third-order valence-electron chi connectivity index (χ3n) is 9.10. The second kappa shape index (κ2) is 16.0. The Morgan fingerprint density at radius 3 is 1.34 bits per heavy atom. The summed E-state index contributed by atoms with van der Waals surface area (Å²) in [5.74, 6) is 1.56. The van der Waals surface area contributed by atoms with Gasteiger partial charge < -0.3 is 0 Å². The van der Waals surface area contributed by atoms with Crippen molar-refractivity contribution in [3.05, 3.63) is 40.8 Å². The summed E-state index contributed by atoms with van der Waals surface area (Å²) in [7, 11) is 0. The summed E-state index contributed by atoms with van der Waals surface area (Å²) in [6, 6.07) is 4.70. The van der Waals surface area contributed by atoms with Crippen LogP contribution in [0.15, 0.2) is 19.7 Å². The molecule has 0 amide bonds. The van der Waals surface area contributed by atoms with Crippen molar-refractivity contribution >= 4 is 97.6 Å². The fourth-order valence-electron chi connectivity index (χ4n) is 6.20. The second-order valence-electron chi connectivity index (χ2n) is 12.4. The number of thiazole rings is 2. The van der Waals surface area contributed by atoms with Crippen LogP contribution in [0.2, 0.25) is 0 Å². The van der Waals surface area contributed by atoms with Gasteiger partial charge in [0.05, 0.1) is 38.0 Å². The second-order valence-corrected chi connectivity index (χ2v) is 19.3. The molecule has 0 saturated heterocycles. The first-order valence-electron chi connectivity index (χ1n) is 16.5. The topological polar surface area (TPSA) is 25.8 Å². The molecule has 0 bridgehead atoms. The van der Waals surface area contributed by atoms with E-state index >= 15 is 0 Å². The molecule has 0 spiro atoms. The number of aryl methyl sites for hydroxylation is 4. The number of aromatic nitrogens is 2. The molecule has 0 saturated carbocycles. The molecule has 8 heteroatoms. The fraction of sp³-hybridized carbons (Fsp3) is 0.556. The van der Waals surface area contributed by atoms with Crippen LogP contribution in [0.1, 0.15) is 113 Å². The van der Waals surface area contributed by atoms with Crippen LogP contribution in [0, 0.1) is 25.7 Å².